The number of thioether (sulfide) groups is 1. The Morgan fingerprint density at radius 1 is 0.875 bits per heavy atom. The van der Waals surface area contributed by atoms with E-state index in [1.54, 1.807) is 17.7 Å². The maximum atomic E-state index is 13.3. The molecule has 164 valence electrons. The molecule has 0 amide bonds. The van der Waals surface area contributed by atoms with Gasteiger partial charge in [-0.05, 0) is 67.6 Å². The van der Waals surface area contributed by atoms with Gasteiger partial charge in [-0.15, -0.1) is 0 Å². The van der Waals surface area contributed by atoms with Crippen LogP contribution in [-0.2, 0) is 0 Å². The number of methoxy groups -OCH3 is 1. The van der Waals surface area contributed by atoms with Crippen LogP contribution in [0.1, 0.15) is 6.92 Å². The second-order valence-electron chi connectivity index (χ2n) is 6.85. The number of benzene rings is 3. The first-order chi connectivity index (χ1) is 15.7. The molecular weight excluding hydrogens is 424 g/mol. The van der Waals surface area contributed by atoms with Crippen LogP contribution in [0, 0.1) is 0 Å². The third-order valence-electron chi connectivity index (χ3n) is 4.79. The Hall–Kier alpha value is -3.45. The van der Waals surface area contributed by atoms with Crippen molar-refractivity contribution in [2.75, 3.05) is 26.1 Å². The molecule has 0 saturated carbocycles. The first kappa shape index (κ1) is 21.8. The molecule has 4 rings (SSSR count). The number of fused-ring (bicyclic) bond motifs is 1. The average molecular weight is 449 g/mol. The maximum Gasteiger partial charge on any atom is 0.266 e. The molecule has 32 heavy (non-hydrogen) atoms. The summed E-state index contributed by atoms with van der Waals surface area (Å²) in [5.74, 6) is 2.95. The molecule has 1 heterocycles. The summed E-state index contributed by atoms with van der Waals surface area (Å²) in [6.07, 6.45) is 0. The highest BCUT2D eigenvalue weighted by atomic mass is 32.2. The van der Waals surface area contributed by atoms with Crippen molar-refractivity contribution in [1.29, 1.82) is 0 Å². The van der Waals surface area contributed by atoms with Crippen LogP contribution in [0.2, 0.25) is 0 Å². The van der Waals surface area contributed by atoms with Crippen molar-refractivity contribution in [3.05, 3.63) is 83.2 Å². The summed E-state index contributed by atoms with van der Waals surface area (Å²) in [5.41, 5.74) is 1.33. The molecule has 0 aliphatic carbocycles. The Morgan fingerprint density at radius 2 is 1.53 bits per heavy atom. The van der Waals surface area contributed by atoms with Crippen molar-refractivity contribution in [3.63, 3.8) is 0 Å². The lowest BCUT2D eigenvalue weighted by Crippen LogP contribution is -2.22. The lowest BCUT2D eigenvalue weighted by Gasteiger charge is -2.14. The predicted octanol–water partition coefficient (Wildman–Crippen LogP) is 4.96. The normalized spacial score (nSPS) is 10.8. The van der Waals surface area contributed by atoms with E-state index < -0.39 is 0 Å². The predicted molar refractivity (Wildman–Crippen MR) is 128 cm³/mol. The molecule has 4 aromatic rings. The van der Waals surface area contributed by atoms with Gasteiger partial charge in [-0.25, -0.2) is 4.98 Å². The molecule has 0 saturated heterocycles. The molecular formula is C25H24N2O4S. The Labute approximate surface area is 190 Å². The van der Waals surface area contributed by atoms with Gasteiger partial charge in [-0.1, -0.05) is 23.9 Å². The van der Waals surface area contributed by atoms with E-state index in [1.165, 1.54) is 11.8 Å². The van der Waals surface area contributed by atoms with E-state index in [1.807, 2.05) is 73.7 Å². The van der Waals surface area contributed by atoms with Crippen LogP contribution in [0.5, 0.6) is 17.2 Å². The fourth-order valence-electron chi connectivity index (χ4n) is 3.26. The number of nitrogens with zero attached hydrogens (tertiary/aromatic N) is 2. The number of hydrogen-bond donors (Lipinski definition) is 0. The van der Waals surface area contributed by atoms with Crippen LogP contribution in [0.25, 0.3) is 16.6 Å². The summed E-state index contributed by atoms with van der Waals surface area (Å²) in [6, 6.07) is 22.3. The standard InChI is InChI=1S/C25H24N2O4S/c1-3-30-20-10-8-18(9-11-20)27-24(28)22-6-4-5-7-23(22)26-25(27)32-17-16-31-21-14-12-19(29-2)13-15-21/h4-15H,3,16-17H2,1-2H3. The quantitative estimate of drug-likeness (QED) is 0.205. The zero-order valence-electron chi connectivity index (χ0n) is 18.0. The summed E-state index contributed by atoms with van der Waals surface area (Å²) in [4.78, 5) is 18.1. The number of aromatic nitrogens is 2. The molecule has 0 bridgehead atoms. The smallest absolute Gasteiger partial charge is 0.266 e. The minimum atomic E-state index is -0.0988. The second-order valence-corrected chi connectivity index (χ2v) is 7.91. The molecule has 6 nitrogen and oxygen atoms in total. The van der Waals surface area contributed by atoms with Gasteiger partial charge in [-0.3, -0.25) is 9.36 Å². The van der Waals surface area contributed by atoms with Crippen LogP contribution in [0.3, 0.4) is 0 Å². The van der Waals surface area contributed by atoms with Gasteiger partial charge in [-0.2, -0.15) is 0 Å². The molecule has 0 atom stereocenters. The summed E-state index contributed by atoms with van der Waals surface area (Å²) in [6.45, 7) is 3.00. The van der Waals surface area contributed by atoms with E-state index in [0.29, 0.717) is 35.0 Å². The number of ether oxygens (including phenoxy) is 3. The van der Waals surface area contributed by atoms with Crippen molar-refractivity contribution >= 4 is 22.7 Å². The summed E-state index contributed by atoms with van der Waals surface area (Å²) in [7, 11) is 1.63. The number of para-hydroxylation sites is 1. The maximum absolute atomic E-state index is 13.3. The monoisotopic (exact) mass is 448 g/mol. The molecule has 3 aromatic carbocycles. The summed E-state index contributed by atoms with van der Waals surface area (Å²) >= 11 is 1.48. The lowest BCUT2D eigenvalue weighted by molar-refractivity contribution is 0.340. The topological polar surface area (TPSA) is 62.6 Å². The zero-order valence-corrected chi connectivity index (χ0v) is 18.8. The van der Waals surface area contributed by atoms with Crippen LogP contribution < -0.4 is 19.8 Å². The number of hydrogen-bond acceptors (Lipinski definition) is 6. The molecule has 7 heteroatoms. The molecule has 0 fully saturated rings. The molecule has 1 aromatic heterocycles. The lowest BCUT2D eigenvalue weighted by atomic mass is 10.2. The van der Waals surface area contributed by atoms with Crippen molar-refractivity contribution in [1.82, 2.24) is 9.55 Å². The zero-order chi connectivity index (χ0) is 22.3. The first-order valence-corrected chi connectivity index (χ1v) is 11.3. The molecule has 0 aliphatic heterocycles. The van der Waals surface area contributed by atoms with E-state index >= 15 is 0 Å². The molecule has 0 spiro atoms. The fourth-order valence-corrected chi connectivity index (χ4v) is 4.09. The van der Waals surface area contributed by atoms with Crippen molar-refractivity contribution < 1.29 is 14.2 Å². The Morgan fingerprint density at radius 3 is 2.25 bits per heavy atom. The third-order valence-corrected chi connectivity index (χ3v) is 5.70. The van der Waals surface area contributed by atoms with Gasteiger partial charge >= 0.3 is 0 Å². The van der Waals surface area contributed by atoms with E-state index in [2.05, 4.69) is 0 Å². The Balaban J connectivity index is 1.57. The van der Waals surface area contributed by atoms with E-state index in [-0.39, 0.29) is 5.56 Å². The minimum Gasteiger partial charge on any atom is -0.497 e. The van der Waals surface area contributed by atoms with Gasteiger partial charge in [0.1, 0.15) is 17.2 Å². The SMILES string of the molecule is CCOc1ccc(-n2c(SCCOc3ccc(OC)cc3)nc3ccccc3c2=O)cc1. The Bertz CT molecular complexity index is 1240. The van der Waals surface area contributed by atoms with Crippen LogP contribution in [-0.4, -0.2) is 35.6 Å². The highest BCUT2D eigenvalue weighted by Gasteiger charge is 2.13. The van der Waals surface area contributed by atoms with E-state index in [9.17, 15) is 4.79 Å². The van der Waals surface area contributed by atoms with Gasteiger partial charge in [0.15, 0.2) is 5.16 Å². The molecule has 0 unspecified atom stereocenters. The number of rotatable bonds is 9. The highest BCUT2D eigenvalue weighted by molar-refractivity contribution is 7.99. The highest BCUT2D eigenvalue weighted by Crippen LogP contribution is 2.23. The first-order valence-electron chi connectivity index (χ1n) is 10.3. The minimum absolute atomic E-state index is 0.0988. The molecule has 0 radical (unpaired) electrons. The van der Waals surface area contributed by atoms with Crippen molar-refractivity contribution in [3.8, 4) is 22.9 Å². The molecule has 0 aliphatic rings. The third kappa shape index (κ3) is 4.89. The van der Waals surface area contributed by atoms with E-state index in [4.69, 9.17) is 19.2 Å². The summed E-state index contributed by atoms with van der Waals surface area (Å²) < 4.78 is 18.2. The van der Waals surface area contributed by atoms with Gasteiger partial charge in [0, 0.05) is 5.75 Å². The fraction of sp³-hybridized carbons (Fsp3) is 0.200. The van der Waals surface area contributed by atoms with Gasteiger partial charge in [0.25, 0.3) is 5.56 Å². The summed E-state index contributed by atoms with van der Waals surface area (Å²) in [5, 5.41) is 1.21. The largest absolute Gasteiger partial charge is 0.497 e. The van der Waals surface area contributed by atoms with Crippen LogP contribution in [0.15, 0.2) is 82.7 Å². The second kappa shape index (κ2) is 10.2. The van der Waals surface area contributed by atoms with Crippen LogP contribution in [0.4, 0.5) is 0 Å². The Kier molecular flexibility index (Phi) is 6.97. The van der Waals surface area contributed by atoms with Crippen molar-refractivity contribution in [2.24, 2.45) is 0 Å². The van der Waals surface area contributed by atoms with Gasteiger partial charge in [0.2, 0.25) is 0 Å². The van der Waals surface area contributed by atoms with Crippen molar-refractivity contribution in [2.45, 2.75) is 12.1 Å². The van der Waals surface area contributed by atoms with E-state index in [0.717, 1.165) is 22.9 Å². The van der Waals surface area contributed by atoms with Gasteiger partial charge in [0.05, 0.1) is 36.9 Å². The molecule has 0 N–H and O–H groups in total. The van der Waals surface area contributed by atoms with Crippen LogP contribution >= 0.6 is 11.8 Å². The average Bonchev–Trinajstić information content (AvgIpc) is 2.83. The van der Waals surface area contributed by atoms with Gasteiger partial charge < -0.3 is 14.2 Å².